The van der Waals surface area contributed by atoms with E-state index in [0.717, 1.165) is 38.5 Å². The first kappa shape index (κ1) is 16.1. The monoisotopic (exact) mass is 338 g/mol. The number of nitrogens with zero attached hydrogens (tertiary/aromatic N) is 1. The molecule has 0 aromatic carbocycles. The van der Waals surface area contributed by atoms with Crippen molar-refractivity contribution in [3.05, 3.63) is 0 Å². The Morgan fingerprint density at radius 1 is 1.21 bits per heavy atom. The van der Waals surface area contributed by atoms with Crippen molar-refractivity contribution in [1.82, 2.24) is 10.2 Å². The van der Waals surface area contributed by atoms with Gasteiger partial charge in [0.2, 0.25) is 0 Å². The molecule has 0 aromatic heterocycles. The number of carbonyl (C=O) groups excluding carboxylic acids is 1. The van der Waals surface area contributed by atoms with Crippen LogP contribution < -0.4 is 5.32 Å². The van der Waals surface area contributed by atoms with E-state index in [0.29, 0.717) is 32.7 Å². The third kappa shape index (κ3) is 2.58. The Balaban J connectivity index is 1.29. The minimum absolute atomic E-state index is 0.0913. The minimum atomic E-state index is -0.754. The number of fused-ring (bicyclic) bond motifs is 1. The molecular formula is C17H26N2O5. The molecule has 24 heavy (non-hydrogen) atoms. The van der Waals surface area contributed by atoms with Gasteiger partial charge in [-0.1, -0.05) is 6.42 Å². The van der Waals surface area contributed by atoms with E-state index >= 15 is 0 Å². The Labute approximate surface area is 141 Å². The van der Waals surface area contributed by atoms with Crippen molar-refractivity contribution in [2.24, 2.45) is 11.3 Å². The summed E-state index contributed by atoms with van der Waals surface area (Å²) >= 11 is 0. The smallest absolute Gasteiger partial charge is 0.317 e. The summed E-state index contributed by atoms with van der Waals surface area (Å²) in [5.41, 5.74) is -0.724. The zero-order chi connectivity index (χ0) is 16.8. The second-order valence-corrected chi connectivity index (χ2v) is 7.79. The van der Waals surface area contributed by atoms with E-state index in [4.69, 9.17) is 9.47 Å². The van der Waals surface area contributed by atoms with Crippen molar-refractivity contribution < 1.29 is 24.2 Å². The highest BCUT2D eigenvalue weighted by Gasteiger charge is 2.56. The van der Waals surface area contributed by atoms with Gasteiger partial charge in [0, 0.05) is 32.5 Å². The average Bonchev–Trinajstić information content (AvgIpc) is 3.29. The van der Waals surface area contributed by atoms with Crippen LogP contribution in [0.25, 0.3) is 0 Å². The van der Waals surface area contributed by atoms with Gasteiger partial charge in [-0.2, -0.15) is 0 Å². The Hall–Kier alpha value is -1.34. The van der Waals surface area contributed by atoms with Gasteiger partial charge < -0.3 is 24.8 Å². The average molecular weight is 338 g/mol. The first-order valence-electron chi connectivity index (χ1n) is 9.11. The predicted octanol–water partition coefficient (Wildman–Crippen LogP) is 1.57. The number of carboxylic acids is 1. The van der Waals surface area contributed by atoms with Crippen LogP contribution in [0.15, 0.2) is 0 Å². The molecule has 7 heteroatoms. The lowest BCUT2D eigenvalue weighted by atomic mass is 9.81. The molecule has 4 fully saturated rings. The fourth-order valence-electron chi connectivity index (χ4n) is 5.00. The molecule has 134 valence electrons. The largest absolute Gasteiger partial charge is 0.481 e. The summed E-state index contributed by atoms with van der Waals surface area (Å²) in [5.74, 6) is -1.07. The Morgan fingerprint density at radius 3 is 2.71 bits per heavy atom. The van der Waals surface area contributed by atoms with Gasteiger partial charge in [-0.15, -0.1) is 0 Å². The van der Waals surface area contributed by atoms with Gasteiger partial charge >= 0.3 is 12.0 Å². The van der Waals surface area contributed by atoms with E-state index in [1.54, 1.807) is 4.90 Å². The van der Waals surface area contributed by atoms with Gasteiger partial charge in [0.05, 0.1) is 12.0 Å². The summed E-state index contributed by atoms with van der Waals surface area (Å²) in [5, 5.41) is 12.5. The maximum Gasteiger partial charge on any atom is 0.317 e. The molecule has 2 saturated carbocycles. The highest BCUT2D eigenvalue weighted by molar-refractivity contribution is 5.80. The van der Waals surface area contributed by atoms with Gasteiger partial charge in [-0.25, -0.2) is 4.79 Å². The first-order valence-corrected chi connectivity index (χ1v) is 9.11. The lowest BCUT2D eigenvalue weighted by molar-refractivity contribution is -0.161. The van der Waals surface area contributed by atoms with Gasteiger partial charge in [0.15, 0.2) is 5.79 Å². The highest BCUT2D eigenvalue weighted by Crippen LogP contribution is 2.48. The molecule has 0 aromatic rings. The third-order valence-electron chi connectivity index (χ3n) is 6.34. The van der Waals surface area contributed by atoms with Crippen LogP contribution in [-0.2, 0) is 14.3 Å². The van der Waals surface area contributed by atoms with Crippen LogP contribution >= 0.6 is 0 Å². The molecule has 2 aliphatic carbocycles. The van der Waals surface area contributed by atoms with Crippen molar-refractivity contribution in [2.75, 3.05) is 26.2 Å². The van der Waals surface area contributed by atoms with Crippen LogP contribution in [0.5, 0.6) is 0 Å². The zero-order valence-electron chi connectivity index (χ0n) is 14.0. The number of carbonyl (C=O) groups is 2. The summed E-state index contributed by atoms with van der Waals surface area (Å²) in [6.07, 6.45) is 6.55. The number of carboxylic acid groups (broad SMARTS) is 1. The molecule has 2 saturated heterocycles. The fraction of sp³-hybridized carbons (Fsp3) is 0.882. The molecule has 4 rings (SSSR count). The second kappa shape index (κ2) is 5.88. The predicted molar refractivity (Wildman–Crippen MR) is 84.4 cm³/mol. The van der Waals surface area contributed by atoms with E-state index in [-0.39, 0.29) is 18.1 Å². The number of likely N-dealkylation sites (tertiary alicyclic amines) is 1. The number of urea groups is 1. The first-order chi connectivity index (χ1) is 11.5. The van der Waals surface area contributed by atoms with Crippen LogP contribution in [0.4, 0.5) is 4.79 Å². The molecule has 3 atom stereocenters. The van der Waals surface area contributed by atoms with Gasteiger partial charge in [-0.05, 0) is 31.6 Å². The van der Waals surface area contributed by atoms with Gasteiger partial charge in [0.25, 0.3) is 0 Å². The molecule has 4 aliphatic rings. The summed E-state index contributed by atoms with van der Waals surface area (Å²) in [6.45, 7) is 1.80. The van der Waals surface area contributed by atoms with Crippen LogP contribution in [0.2, 0.25) is 0 Å². The van der Waals surface area contributed by atoms with E-state index < -0.39 is 17.2 Å². The number of ether oxygens (including phenoxy) is 2. The van der Waals surface area contributed by atoms with Crippen LogP contribution in [0, 0.1) is 11.3 Å². The van der Waals surface area contributed by atoms with Gasteiger partial charge in [-0.3, -0.25) is 4.79 Å². The normalized spacial score (nSPS) is 37.1. The SMILES string of the molecule is O=C(NCC1COC2(CCCC2)O1)N1C[C@@H]2CCC[C@@]2(C(=O)O)C1. The third-order valence-corrected chi connectivity index (χ3v) is 6.34. The van der Waals surface area contributed by atoms with Crippen molar-refractivity contribution in [3.63, 3.8) is 0 Å². The molecule has 1 spiro atoms. The molecule has 7 nitrogen and oxygen atoms in total. The molecule has 0 bridgehead atoms. The van der Waals surface area contributed by atoms with Crippen LogP contribution in [0.1, 0.15) is 44.9 Å². The molecular weight excluding hydrogens is 312 g/mol. The maximum atomic E-state index is 12.4. The number of hydrogen-bond acceptors (Lipinski definition) is 4. The minimum Gasteiger partial charge on any atom is -0.481 e. The summed E-state index contributed by atoms with van der Waals surface area (Å²) in [4.78, 5) is 25.8. The Kier molecular flexibility index (Phi) is 3.95. The van der Waals surface area contributed by atoms with Crippen molar-refractivity contribution >= 4 is 12.0 Å². The van der Waals surface area contributed by atoms with Crippen LogP contribution in [0.3, 0.4) is 0 Å². The second-order valence-electron chi connectivity index (χ2n) is 7.79. The molecule has 2 amide bonds. The number of nitrogens with one attached hydrogen (secondary N) is 1. The van der Waals surface area contributed by atoms with E-state index in [1.165, 1.54) is 0 Å². The zero-order valence-corrected chi connectivity index (χ0v) is 14.0. The van der Waals surface area contributed by atoms with Crippen LogP contribution in [-0.4, -0.2) is 60.1 Å². The molecule has 2 N–H and O–H groups in total. The van der Waals surface area contributed by atoms with E-state index in [1.807, 2.05) is 0 Å². The standard InChI is InChI=1S/C17H26N2O5/c20-14(21)16-5-3-4-12(16)9-19(11-16)15(22)18-8-13-10-23-17(24-13)6-1-2-7-17/h12-13H,1-11H2,(H,18,22)(H,20,21)/t12-,13?,16+/m0/s1. The lowest BCUT2D eigenvalue weighted by Gasteiger charge is -2.24. The summed E-state index contributed by atoms with van der Waals surface area (Å²) in [7, 11) is 0. The number of rotatable bonds is 3. The number of aliphatic carboxylic acids is 1. The Morgan fingerprint density at radius 2 is 2.00 bits per heavy atom. The number of amides is 2. The maximum absolute atomic E-state index is 12.4. The van der Waals surface area contributed by atoms with E-state index in [9.17, 15) is 14.7 Å². The van der Waals surface area contributed by atoms with E-state index in [2.05, 4.69) is 5.32 Å². The summed E-state index contributed by atoms with van der Waals surface area (Å²) in [6, 6.07) is -0.180. The van der Waals surface area contributed by atoms with Crippen molar-refractivity contribution in [1.29, 1.82) is 0 Å². The topological polar surface area (TPSA) is 88.1 Å². The molecule has 2 aliphatic heterocycles. The summed E-state index contributed by atoms with van der Waals surface area (Å²) < 4.78 is 11.8. The highest BCUT2D eigenvalue weighted by atomic mass is 16.7. The quantitative estimate of drug-likeness (QED) is 0.815. The molecule has 0 radical (unpaired) electrons. The number of hydrogen-bond donors (Lipinski definition) is 2. The lowest BCUT2D eigenvalue weighted by Crippen LogP contribution is -2.44. The van der Waals surface area contributed by atoms with Crippen molar-refractivity contribution in [3.8, 4) is 0 Å². The Bertz CT molecular complexity index is 533. The van der Waals surface area contributed by atoms with Crippen molar-refractivity contribution in [2.45, 2.75) is 56.8 Å². The molecule has 1 unspecified atom stereocenters. The molecule has 2 heterocycles. The fourth-order valence-corrected chi connectivity index (χ4v) is 5.00. The van der Waals surface area contributed by atoms with Gasteiger partial charge in [0.1, 0.15) is 6.10 Å².